The van der Waals surface area contributed by atoms with Crippen molar-refractivity contribution in [2.75, 3.05) is 6.54 Å². The van der Waals surface area contributed by atoms with Crippen LogP contribution in [0.2, 0.25) is 0 Å². The second-order valence-electron chi connectivity index (χ2n) is 5.95. The predicted octanol–water partition coefficient (Wildman–Crippen LogP) is 3.41. The molecule has 0 saturated carbocycles. The maximum absolute atomic E-state index is 12.2. The lowest BCUT2D eigenvalue weighted by molar-refractivity contribution is 0.0957. The molecule has 23 heavy (non-hydrogen) atoms. The summed E-state index contributed by atoms with van der Waals surface area (Å²) in [6, 6.07) is 10.2. The number of hydrogen-bond acceptors (Lipinski definition) is 3. The number of carbonyl (C=O) groups excluding carboxylic acids is 1. The number of thiophene rings is 1. The Hall–Kier alpha value is -2.14. The molecule has 1 amide bonds. The Morgan fingerprint density at radius 3 is 3.13 bits per heavy atom. The number of rotatable bonds is 5. The SMILES string of the molecule is O=C(NCCCn1cnc2ccccc21)c1cc2c(s1)CCC2. The number of aryl methyl sites for hydroxylation is 3. The molecule has 1 aliphatic rings. The monoisotopic (exact) mass is 325 g/mol. The number of amides is 1. The highest BCUT2D eigenvalue weighted by molar-refractivity contribution is 7.14. The maximum atomic E-state index is 12.2. The van der Waals surface area contributed by atoms with Gasteiger partial charge in [-0.15, -0.1) is 11.3 Å². The topological polar surface area (TPSA) is 46.9 Å². The molecule has 0 bridgehead atoms. The number of hydrogen-bond donors (Lipinski definition) is 1. The number of benzene rings is 1. The van der Waals surface area contributed by atoms with E-state index < -0.39 is 0 Å². The number of fused-ring (bicyclic) bond motifs is 2. The zero-order valence-corrected chi connectivity index (χ0v) is 13.7. The van der Waals surface area contributed by atoms with Crippen molar-refractivity contribution in [3.63, 3.8) is 0 Å². The van der Waals surface area contributed by atoms with E-state index in [-0.39, 0.29) is 5.91 Å². The summed E-state index contributed by atoms with van der Waals surface area (Å²) in [7, 11) is 0. The van der Waals surface area contributed by atoms with Crippen molar-refractivity contribution >= 4 is 28.3 Å². The van der Waals surface area contributed by atoms with Crippen molar-refractivity contribution < 1.29 is 4.79 Å². The molecule has 0 radical (unpaired) electrons. The highest BCUT2D eigenvalue weighted by Crippen LogP contribution is 2.30. The average molecular weight is 325 g/mol. The molecule has 3 aromatic rings. The van der Waals surface area contributed by atoms with E-state index in [9.17, 15) is 4.79 Å². The van der Waals surface area contributed by atoms with E-state index in [1.807, 2.05) is 24.5 Å². The van der Waals surface area contributed by atoms with Gasteiger partial charge in [-0.2, -0.15) is 0 Å². The summed E-state index contributed by atoms with van der Waals surface area (Å²) in [5.74, 6) is 0.0693. The number of nitrogens with zero attached hydrogens (tertiary/aromatic N) is 2. The molecular formula is C18H19N3OS. The minimum Gasteiger partial charge on any atom is -0.351 e. The van der Waals surface area contributed by atoms with Crippen LogP contribution in [0.4, 0.5) is 0 Å². The summed E-state index contributed by atoms with van der Waals surface area (Å²) in [5.41, 5.74) is 3.54. The summed E-state index contributed by atoms with van der Waals surface area (Å²) in [6.07, 6.45) is 6.28. The minimum atomic E-state index is 0.0693. The molecule has 0 spiro atoms. The number of aromatic nitrogens is 2. The lowest BCUT2D eigenvalue weighted by atomic mass is 10.2. The molecule has 1 aromatic carbocycles. The molecule has 2 aromatic heterocycles. The second kappa shape index (κ2) is 6.16. The van der Waals surface area contributed by atoms with Crippen LogP contribution >= 0.6 is 11.3 Å². The van der Waals surface area contributed by atoms with Crippen LogP contribution in [0.25, 0.3) is 11.0 Å². The summed E-state index contributed by atoms with van der Waals surface area (Å²) in [4.78, 5) is 18.9. The molecule has 1 aliphatic carbocycles. The molecule has 0 unspecified atom stereocenters. The Bertz CT molecular complexity index is 827. The van der Waals surface area contributed by atoms with Gasteiger partial charge in [-0.25, -0.2) is 4.98 Å². The van der Waals surface area contributed by atoms with Crippen LogP contribution in [0.5, 0.6) is 0 Å². The molecule has 0 fully saturated rings. The molecule has 1 N–H and O–H groups in total. The van der Waals surface area contributed by atoms with Gasteiger partial charge in [0.25, 0.3) is 5.91 Å². The molecule has 0 atom stereocenters. The summed E-state index contributed by atoms with van der Waals surface area (Å²) < 4.78 is 2.14. The number of carbonyl (C=O) groups is 1. The Labute approximate surface area is 139 Å². The van der Waals surface area contributed by atoms with Crippen LogP contribution in [0.15, 0.2) is 36.7 Å². The van der Waals surface area contributed by atoms with Crippen LogP contribution in [0.3, 0.4) is 0 Å². The summed E-state index contributed by atoms with van der Waals surface area (Å²) in [6.45, 7) is 1.55. The maximum Gasteiger partial charge on any atom is 0.261 e. The van der Waals surface area contributed by atoms with Crippen molar-refractivity contribution in [1.29, 1.82) is 0 Å². The fraction of sp³-hybridized carbons (Fsp3) is 0.333. The lowest BCUT2D eigenvalue weighted by Gasteiger charge is -2.06. The van der Waals surface area contributed by atoms with Crippen molar-refractivity contribution in [1.82, 2.24) is 14.9 Å². The smallest absolute Gasteiger partial charge is 0.261 e. The first kappa shape index (κ1) is 14.5. The molecule has 4 nitrogen and oxygen atoms in total. The lowest BCUT2D eigenvalue weighted by Crippen LogP contribution is -2.24. The average Bonchev–Trinajstić information content (AvgIpc) is 3.25. The zero-order chi connectivity index (χ0) is 15.6. The molecule has 118 valence electrons. The Balaban J connectivity index is 1.30. The minimum absolute atomic E-state index is 0.0693. The van der Waals surface area contributed by atoms with E-state index >= 15 is 0 Å². The highest BCUT2D eigenvalue weighted by Gasteiger charge is 2.18. The van der Waals surface area contributed by atoms with E-state index in [4.69, 9.17) is 0 Å². The van der Waals surface area contributed by atoms with Gasteiger partial charge in [0.2, 0.25) is 0 Å². The summed E-state index contributed by atoms with van der Waals surface area (Å²) >= 11 is 1.66. The van der Waals surface area contributed by atoms with Crippen LogP contribution in [0, 0.1) is 0 Å². The van der Waals surface area contributed by atoms with Crippen molar-refractivity contribution in [2.24, 2.45) is 0 Å². The van der Waals surface area contributed by atoms with Gasteiger partial charge in [0, 0.05) is 18.0 Å². The Morgan fingerprint density at radius 1 is 1.30 bits per heavy atom. The Kier molecular flexibility index (Phi) is 3.87. The van der Waals surface area contributed by atoms with Gasteiger partial charge in [0.05, 0.1) is 22.2 Å². The van der Waals surface area contributed by atoms with Gasteiger partial charge in [-0.1, -0.05) is 12.1 Å². The fourth-order valence-corrected chi connectivity index (χ4v) is 4.34. The van der Waals surface area contributed by atoms with E-state index in [0.29, 0.717) is 6.54 Å². The standard InChI is InChI=1S/C18H19N3OS/c22-18(17-11-13-5-3-8-16(13)23-17)19-9-4-10-21-12-20-14-6-1-2-7-15(14)21/h1-2,6-7,11-12H,3-5,8-10H2,(H,19,22). The molecular weight excluding hydrogens is 306 g/mol. The third-order valence-electron chi connectivity index (χ3n) is 4.36. The molecule has 5 heteroatoms. The first-order chi connectivity index (χ1) is 11.3. The van der Waals surface area contributed by atoms with Crippen molar-refractivity contribution in [3.05, 3.63) is 52.0 Å². The summed E-state index contributed by atoms with van der Waals surface area (Å²) in [5, 5.41) is 3.04. The molecule has 0 saturated heterocycles. The first-order valence-electron chi connectivity index (χ1n) is 8.11. The Morgan fingerprint density at radius 2 is 2.22 bits per heavy atom. The van der Waals surface area contributed by atoms with Gasteiger partial charge >= 0.3 is 0 Å². The third kappa shape index (κ3) is 2.88. The van der Waals surface area contributed by atoms with Crippen LogP contribution < -0.4 is 5.32 Å². The van der Waals surface area contributed by atoms with Gasteiger partial charge in [-0.05, 0) is 49.4 Å². The van der Waals surface area contributed by atoms with E-state index in [1.54, 1.807) is 11.3 Å². The van der Waals surface area contributed by atoms with Crippen LogP contribution in [0.1, 0.15) is 33.0 Å². The highest BCUT2D eigenvalue weighted by atomic mass is 32.1. The van der Waals surface area contributed by atoms with E-state index in [1.165, 1.54) is 16.9 Å². The number of imidazole rings is 1. The molecule has 0 aliphatic heterocycles. The first-order valence-corrected chi connectivity index (χ1v) is 8.92. The molecule has 2 heterocycles. The van der Waals surface area contributed by atoms with E-state index in [2.05, 4.69) is 27.0 Å². The van der Waals surface area contributed by atoms with Gasteiger partial charge in [0.1, 0.15) is 0 Å². The number of nitrogens with one attached hydrogen (secondary N) is 1. The zero-order valence-electron chi connectivity index (χ0n) is 12.9. The second-order valence-corrected chi connectivity index (χ2v) is 7.09. The van der Waals surface area contributed by atoms with Crippen molar-refractivity contribution in [2.45, 2.75) is 32.2 Å². The normalized spacial score (nSPS) is 13.4. The number of para-hydroxylation sites is 2. The van der Waals surface area contributed by atoms with Crippen molar-refractivity contribution in [3.8, 4) is 0 Å². The van der Waals surface area contributed by atoms with Crippen LogP contribution in [-0.2, 0) is 19.4 Å². The van der Waals surface area contributed by atoms with Gasteiger partial charge < -0.3 is 9.88 Å². The van der Waals surface area contributed by atoms with Crippen LogP contribution in [-0.4, -0.2) is 22.0 Å². The fourth-order valence-electron chi connectivity index (χ4n) is 3.17. The van der Waals surface area contributed by atoms with Gasteiger partial charge in [0.15, 0.2) is 0 Å². The third-order valence-corrected chi connectivity index (χ3v) is 5.59. The van der Waals surface area contributed by atoms with Gasteiger partial charge in [-0.3, -0.25) is 4.79 Å². The van der Waals surface area contributed by atoms with E-state index in [0.717, 1.165) is 41.7 Å². The molecule has 4 rings (SSSR count). The quantitative estimate of drug-likeness (QED) is 0.731. The predicted molar refractivity (Wildman–Crippen MR) is 93.0 cm³/mol. The largest absolute Gasteiger partial charge is 0.351 e.